The fourth-order valence-electron chi connectivity index (χ4n) is 13.4. The van der Waals surface area contributed by atoms with E-state index in [0.717, 1.165) is 54.7 Å². The number of hydrogen-bond donors (Lipinski definition) is 8. The molecule has 1 aliphatic heterocycles. The summed E-state index contributed by atoms with van der Waals surface area (Å²) in [7, 11) is -17.7. The lowest BCUT2D eigenvalue weighted by Crippen LogP contribution is -2.62. The van der Waals surface area contributed by atoms with Crippen LogP contribution in [0.3, 0.4) is 0 Å². The molecule has 2 aromatic heterocycles. The summed E-state index contributed by atoms with van der Waals surface area (Å²) in [6.07, 6.45) is -3.12. The number of thioether (sulfide) groups is 1. The lowest BCUT2D eigenvalue weighted by atomic mass is 9.43. The second kappa shape index (κ2) is 25.4. The lowest BCUT2D eigenvalue weighted by Gasteiger charge is -2.63. The second-order valence-corrected chi connectivity index (χ2v) is 28.5. The van der Waals surface area contributed by atoms with Crippen LogP contribution in [0.1, 0.15) is 112 Å². The first-order valence-corrected chi connectivity index (χ1v) is 32.1. The zero-order chi connectivity index (χ0) is 59.1. The molecule has 2 amide bonds. The molecule has 452 valence electrons. The molecule has 5 fully saturated rings. The Morgan fingerprint density at radius 2 is 1.64 bits per heavy atom. The number of aliphatic hydroxyl groups excluding tert-OH is 5. The number of aromatic nitrogens is 4. The molecule has 19 atom stereocenters. The van der Waals surface area contributed by atoms with Crippen molar-refractivity contribution in [3.8, 4) is 0 Å². The van der Waals surface area contributed by atoms with Crippen LogP contribution in [-0.4, -0.2) is 143 Å². The minimum atomic E-state index is -5.96. The minimum absolute atomic E-state index is 0.0311. The number of ketones is 1. The van der Waals surface area contributed by atoms with Gasteiger partial charge in [-0.3, -0.25) is 32.9 Å². The highest BCUT2D eigenvalue weighted by Gasteiger charge is 2.66. The van der Waals surface area contributed by atoms with E-state index in [-0.39, 0.29) is 107 Å². The van der Waals surface area contributed by atoms with Gasteiger partial charge < -0.3 is 84.3 Å². The van der Waals surface area contributed by atoms with Gasteiger partial charge in [-0.2, -0.15) is 0 Å². The molecule has 9 N–H and O–H groups in total. The summed E-state index contributed by atoms with van der Waals surface area (Å²) in [4.78, 5) is 112. The Labute approximate surface area is 466 Å². The fourth-order valence-corrected chi connectivity index (χ4v) is 17.0. The zero-order valence-electron chi connectivity index (χ0n) is 45.3. The van der Waals surface area contributed by atoms with Crippen LogP contribution in [0.5, 0.6) is 0 Å². The van der Waals surface area contributed by atoms with E-state index in [1.165, 1.54) is 13.8 Å². The molecule has 3 heterocycles. The maximum Gasteiger partial charge on any atom is 0.274 e. The Morgan fingerprint density at radius 1 is 0.938 bits per heavy atom. The van der Waals surface area contributed by atoms with Crippen LogP contribution in [0.2, 0.25) is 0 Å². The molecule has 4 saturated carbocycles. The third-order valence-corrected chi connectivity index (χ3v) is 22.0. The molecule has 0 spiro atoms. The van der Waals surface area contributed by atoms with Crippen LogP contribution in [0.4, 0.5) is 5.82 Å². The summed E-state index contributed by atoms with van der Waals surface area (Å²) >= 11 is 0.896. The van der Waals surface area contributed by atoms with Gasteiger partial charge in [-0.1, -0.05) is 46.4 Å². The third-order valence-electron chi connectivity index (χ3n) is 17.9. The van der Waals surface area contributed by atoms with Crippen molar-refractivity contribution >= 4 is 74.9 Å². The van der Waals surface area contributed by atoms with E-state index in [4.69, 9.17) is 10.5 Å². The summed E-state index contributed by atoms with van der Waals surface area (Å²) in [5.74, 6) is -1.79. The van der Waals surface area contributed by atoms with E-state index in [0.29, 0.717) is 25.7 Å². The number of carbonyl (C=O) groups is 4. The molecular formula is C48H74N7O21P3S-4. The Hall–Kier alpha value is -2.89. The van der Waals surface area contributed by atoms with Gasteiger partial charge in [0, 0.05) is 37.1 Å². The molecule has 5 aliphatic rings. The maximum atomic E-state index is 13.3. The molecule has 3 unspecified atom stereocenters. The third kappa shape index (κ3) is 14.4. The number of fused-ring (bicyclic) bond motifs is 6. The van der Waals surface area contributed by atoms with Crippen LogP contribution in [-0.2, 0) is 55.5 Å². The largest absolute Gasteiger partial charge is 0.790 e. The van der Waals surface area contributed by atoms with E-state index >= 15 is 0 Å². The summed E-state index contributed by atoms with van der Waals surface area (Å²) in [6, 6.07) is 0. The summed E-state index contributed by atoms with van der Waals surface area (Å²) in [5, 5.41) is 60.1. The van der Waals surface area contributed by atoms with Gasteiger partial charge in [0.05, 0.1) is 51.6 Å². The highest BCUT2D eigenvalue weighted by Crippen LogP contribution is 2.68. The predicted octanol–water partition coefficient (Wildman–Crippen LogP) is -0.280. The van der Waals surface area contributed by atoms with Gasteiger partial charge in [-0.15, -0.1) is 0 Å². The molecule has 32 heteroatoms. The molecule has 1 saturated heterocycles. The highest BCUT2D eigenvalue weighted by molar-refractivity contribution is 8.13. The number of nitrogen functional groups attached to an aromatic ring is 1. The van der Waals surface area contributed by atoms with Crippen molar-refractivity contribution in [2.24, 2.45) is 57.7 Å². The zero-order valence-corrected chi connectivity index (χ0v) is 48.8. The summed E-state index contributed by atoms with van der Waals surface area (Å²) < 4.78 is 61.1. The molecule has 0 radical (unpaired) electrons. The number of nitrogens with zero attached hydrogens (tertiary/aromatic N) is 4. The SMILES string of the molecule is CC(C(=O)CC[C@@H](C)[C@H]1CC[C@H]2[C@@H]3[C@H](O)C[C@@H]4C[C@H](O)CC[C@]4(C)[C@H]3C[C@H](O)[C@]12C)C(=O)SCCNC(=O)CCNC(=O)[C@H](O)C(C)(C)COP(=O)([O-])OP(=O)([O-])OC[C@H]1O[C@@H](n2cnc3c(N)ncnc32)[C@H](O)[C@@H]1OP(=O)([O-])[O-]. The number of imidazole rings is 1. The minimum Gasteiger partial charge on any atom is -0.790 e. The first-order chi connectivity index (χ1) is 37.2. The van der Waals surface area contributed by atoms with Crippen molar-refractivity contribution in [3.63, 3.8) is 0 Å². The maximum absolute atomic E-state index is 13.3. The van der Waals surface area contributed by atoms with Crippen molar-refractivity contribution in [1.82, 2.24) is 30.2 Å². The molecule has 7 rings (SSSR count). The van der Waals surface area contributed by atoms with Gasteiger partial charge in [0.2, 0.25) is 11.8 Å². The first-order valence-electron chi connectivity index (χ1n) is 26.7. The van der Waals surface area contributed by atoms with E-state index in [2.05, 4.69) is 64.2 Å². The number of Topliss-reactive ketones (excluding diaryl/α,β-unsaturated/α-hetero) is 1. The number of nitrogens with one attached hydrogen (secondary N) is 2. The lowest BCUT2D eigenvalue weighted by molar-refractivity contribution is -0.347. The molecule has 28 nitrogen and oxygen atoms in total. The topological polar surface area (TPSA) is 453 Å². The monoisotopic (exact) mass is 1210 g/mol. The van der Waals surface area contributed by atoms with Gasteiger partial charge in [0.1, 0.15) is 42.0 Å². The van der Waals surface area contributed by atoms with Gasteiger partial charge in [0.15, 0.2) is 22.8 Å². The highest BCUT2D eigenvalue weighted by atomic mass is 32.2. The van der Waals surface area contributed by atoms with Gasteiger partial charge in [0.25, 0.3) is 15.6 Å². The van der Waals surface area contributed by atoms with Crippen LogP contribution >= 0.6 is 35.2 Å². The fraction of sp³-hybridized carbons (Fsp3) is 0.812. The Balaban J connectivity index is 0.780. The number of ether oxygens (including phenoxy) is 1. The van der Waals surface area contributed by atoms with E-state index in [1.54, 1.807) is 6.92 Å². The molecule has 0 aromatic carbocycles. The second-order valence-electron chi connectivity index (χ2n) is 23.4. The van der Waals surface area contributed by atoms with Crippen LogP contribution < -0.4 is 35.9 Å². The Morgan fingerprint density at radius 3 is 2.34 bits per heavy atom. The number of anilines is 1. The molecule has 0 bridgehead atoms. The van der Waals surface area contributed by atoms with E-state index in [1.807, 2.05) is 0 Å². The van der Waals surface area contributed by atoms with Crippen LogP contribution in [0, 0.1) is 57.7 Å². The predicted molar refractivity (Wildman–Crippen MR) is 275 cm³/mol. The van der Waals surface area contributed by atoms with Gasteiger partial charge >= 0.3 is 0 Å². The average Bonchev–Trinajstić information content (AvgIpc) is 3.66. The molecule has 4 aliphatic carbocycles. The van der Waals surface area contributed by atoms with Gasteiger partial charge in [-0.25, -0.2) is 19.3 Å². The quantitative estimate of drug-likeness (QED) is 0.0360. The number of phosphoric ester groups is 3. The van der Waals surface area contributed by atoms with Crippen LogP contribution in [0.15, 0.2) is 12.7 Å². The van der Waals surface area contributed by atoms with E-state index < -0.39 is 108 Å². The molecular weight excluding hydrogens is 1140 g/mol. The average molecular weight is 1210 g/mol. The van der Waals surface area contributed by atoms with Crippen molar-refractivity contribution < 1.29 is 101 Å². The van der Waals surface area contributed by atoms with Crippen molar-refractivity contribution in [1.29, 1.82) is 0 Å². The Kier molecular flexibility index (Phi) is 20.5. The number of nitrogens with two attached hydrogens (primary N) is 1. The number of hydrogen-bond acceptors (Lipinski definition) is 26. The number of carbonyl (C=O) groups excluding carboxylic acids is 4. The summed E-state index contributed by atoms with van der Waals surface area (Å²) in [5.41, 5.74) is 3.56. The number of amides is 2. The molecule has 80 heavy (non-hydrogen) atoms. The Bertz CT molecular complexity index is 2720. The summed E-state index contributed by atoms with van der Waals surface area (Å²) in [6.45, 7) is 7.92. The van der Waals surface area contributed by atoms with Crippen LogP contribution in [0.25, 0.3) is 11.2 Å². The van der Waals surface area contributed by atoms with Crippen molar-refractivity contribution in [2.45, 2.75) is 155 Å². The number of rotatable bonds is 25. The standard InChI is InChI=1S/C48H78N7O21P3S/c1-24(28-8-9-29-36-30(19-34(59)48(28,29)6)47(5)13-11-27(56)17-26(47)18-32(36)58)7-10-31(57)25(2)45(64)80-16-15-50-35(60)12-14-51-43(63)40(62)46(3,4)21-73-79(70,71)76-78(68,69)72-20-33-39(75-77(65,66)67)38(61)44(74-33)55-23-54-37-41(49)52-22-53-42(37)55/h22-30,32-34,36,38-40,44,56,58-59,61-62H,7-21H2,1-6H3,(H,50,60)(H,51,63)(H,68,69)(H,70,71)(H2,49,52,53)(H2,65,66,67)/p-4/t24-,25?,26+,27-,28-,29+,30+,32-,33-,34+,36+,38-,39-,40+,44-,47+,48-/m1/s1. The normalized spacial score (nSPS) is 34.2. The van der Waals surface area contributed by atoms with Crippen molar-refractivity contribution in [2.75, 3.05) is 37.8 Å². The molecule has 2 aromatic rings. The number of aliphatic hydroxyl groups is 5. The van der Waals surface area contributed by atoms with E-state index in [9.17, 15) is 78.0 Å². The smallest absolute Gasteiger partial charge is 0.274 e. The van der Waals surface area contributed by atoms with Gasteiger partial charge in [-0.05, 0) is 105 Å². The van der Waals surface area contributed by atoms with Crippen molar-refractivity contribution in [3.05, 3.63) is 12.7 Å². The first kappa shape index (κ1) is 64.7. The number of phosphoric acid groups is 3.